The van der Waals surface area contributed by atoms with Crippen molar-refractivity contribution in [3.05, 3.63) is 43.4 Å². The van der Waals surface area contributed by atoms with Crippen molar-refractivity contribution in [3.63, 3.8) is 0 Å². The first-order valence-corrected chi connectivity index (χ1v) is 12.7. The highest BCUT2D eigenvalue weighted by Crippen LogP contribution is 2.52. The van der Waals surface area contributed by atoms with E-state index in [9.17, 15) is 4.79 Å². The number of nitrogens with zero attached hydrogens (tertiary/aromatic N) is 4. The van der Waals surface area contributed by atoms with Gasteiger partial charge in [0.05, 0.1) is 27.6 Å². The topological polar surface area (TPSA) is 110 Å². The molecule has 0 amide bonds. The number of hydrogen-bond acceptors (Lipinski definition) is 9. The summed E-state index contributed by atoms with van der Waals surface area (Å²) in [5, 5.41) is 0.354. The van der Waals surface area contributed by atoms with Crippen molar-refractivity contribution in [1.29, 1.82) is 0 Å². The molecule has 1 saturated heterocycles. The number of nitrogen functional groups attached to an aromatic ring is 1. The lowest BCUT2D eigenvalue weighted by Gasteiger charge is -2.44. The molecule has 2 atom stereocenters. The monoisotopic (exact) mass is 508 g/mol. The third-order valence-corrected chi connectivity index (χ3v) is 9.46. The van der Waals surface area contributed by atoms with E-state index in [1.54, 1.807) is 29.8 Å². The molecule has 3 aliphatic rings. The molecule has 2 aliphatic heterocycles. The molecule has 32 heavy (non-hydrogen) atoms. The predicted octanol–water partition coefficient (Wildman–Crippen LogP) is 4.32. The van der Waals surface area contributed by atoms with E-state index in [2.05, 4.69) is 19.9 Å². The zero-order valence-corrected chi connectivity index (χ0v) is 20.5. The number of carbonyl (C=O) groups excluding carboxylic acids is 1. The van der Waals surface area contributed by atoms with Crippen LogP contribution in [0.1, 0.15) is 36.4 Å². The van der Waals surface area contributed by atoms with E-state index >= 15 is 0 Å². The first kappa shape index (κ1) is 22.2. The van der Waals surface area contributed by atoms with Crippen molar-refractivity contribution in [3.8, 4) is 0 Å². The number of aromatic nitrogens is 2. The number of anilines is 1. The summed E-state index contributed by atoms with van der Waals surface area (Å²) in [5.41, 5.74) is 13.4. The van der Waals surface area contributed by atoms with Crippen LogP contribution in [0, 0.1) is 11.3 Å². The number of ketones is 1. The van der Waals surface area contributed by atoms with Gasteiger partial charge in [0.1, 0.15) is 11.7 Å². The van der Waals surface area contributed by atoms with Gasteiger partial charge in [-0.05, 0) is 37.7 Å². The molecule has 11 heteroatoms. The van der Waals surface area contributed by atoms with E-state index in [4.69, 9.17) is 34.7 Å². The maximum absolute atomic E-state index is 13.1. The molecule has 1 aliphatic carbocycles. The first-order chi connectivity index (χ1) is 15.3. The Bertz CT molecular complexity index is 1160. The molecule has 4 N–H and O–H groups in total. The van der Waals surface area contributed by atoms with E-state index in [-0.39, 0.29) is 29.0 Å². The number of allylic oxidation sites excluding steroid dienone is 1. The van der Waals surface area contributed by atoms with Crippen LogP contribution in [0.3, 0.4) is 0 Å². The average molecular weight is 509 g/mol. The normalized spacial score (nSPS) is 24.5. The molecule has 2 aromatic rings. The van der Waals surface area contributed by atoms with E-state index < -0.39 is 0 Å². The highest BCUT2D eigenvalue weighted by atomic mass is 35.5. The molecule has 0 radical (unpaired) electrons. The quantitative estimate of drug-likeness (QED) is 0.621. The van der Waals surface area contributed by atoms with E-state index in [0.717, 1.165) is 43.9 Å². The van der Waals surface area contributed by atoms with Crippen molar-refractivity contribution in [1.82, 2.24) is 14.9 Å². The fourth-order valence-electron chi connectivity index (χ4n) is 4.79. The number of carbonyl (C=O) groups is 1. The molecule has 0 aromatic carbocycles. The molecule has 1 fully saturated rings. The lowest BCUT2D eigenvalue weighted by Crippen LogP contribution is -2.49. The van der Waals surface area contributed by atoms with Crippen molar-refractivity contribution < 1.29 is 4.79 Å². The molecule has 0 bridgehead atoms. The number of hydrogen-bond donors (Lipinski definition) is 2. The molecule has 1 spiro atoms. The summed E-state index contributed by atoms with van der Waals surface area (Å²) in [6.45, 7) is 3.54. The van der Waals surface area contributed by atoms with Crippen LogP contribution in [0.2, 0.25) is 9.49 Å². The van der Waals surface area contributed by atoms with Crippen molar-refractivity contribution in [2.45, 2.75) is 37.1 Å². The summed E-state index contributed by atoms with van der Waals surface area (Å²) in [4.78, 5) is 30.9. The minimum atomic E-state index is -0.325. The van der Waals surface area contributed by atoms with Crippen LogP contribution in [0.4, 0.5) is 5.82 Å². The zero-order valence-electron chi connectivity index (χ0n) is 17.3. The Morgan fingerprint density at radius 3 is 2.78 bits per heavy atom. The van der Waals surface area contributed by atoms with E-state index in [1.807, 2.05) is 6.92 Å². The summed E-state index contributed by atoms with van der Waals surface area (Å²) >= 11 is 15.1. The summed E-state index contributed by atoms with van der Waals surface area (Å²) in [5.74, 6) is 0.771. The number of fused-ring (bicyclic) bond motifs is 1. The smallest absolute Gasteiger partial charge is 0.184 e. The van der Waals surface area contributed by atoms with E-state index in [1.165, 1.54) is 16.6 Å². The number of nitrogens with two attached hydrogens (primary N) is 2. The minimum absolute atomic E-state index is 0.0204. The fourth-order valence-corrected chi connectivity index (χ4v) is 7.32. The van der Waals surface area contributed by atoms with Crippen LogP contribution in [0.15, 0.2) is 33.3 Å². The first-order valence-electron chi connectivity index (χ1n) is 10.3. The second-order valence-electron chi connectivity index (χ2n) is 8.46. The molecule has 2 aromatic heterocycles. The molecule has 0 saturated carbocycles. The second kappa shape index (κ2) is 8.29. The van der Waals surface area contributed by atoms with Crippen molar-refractivity contribution >= 4 is 63.7 Å². The molecule has 1 unspecified atom stereocenters. The Morgan fingerprint density at radius 1 is 1.31 bits per heavy atom. The molecule has 168 valence electrons. The summed E-state index contributed by atoms with van der Waals surface area (Å²) in [6, 6.07) is 1.66. The Labute approximate surface area is 204 Å². The summed E-state index contributed by atoms with van der Waals surface area (Å²) < 4.78 is 0.567. The fraction of sp³-hybridized carbons (Fsp3) is 0.429. The lowest BCUT2D eigenvalue weighted by molar-refractivity contribution is -0.116. The third-order valence-electron chi connectivity index (χ3n) is 6.69. The number of pyridine rings is 1. The van der Waals surface area contributed by atoms with Gasteiger partial charge in [0.2, 0.25) is 0 Å². The molecule has 7 nitrogen and oxygen atoms in total. The maximum atomic E-state index is 13.1. The number of piperidine rings is 1. The Balaban J connectivity index is 1.30. The highest BCUT2D eigenvalue weighted by molar-refractivity contribution is 8.04. The van der Waals surface area contributed by atoms with Crippen LogP contribution in [-0.4, -0.2) is 39.6 Å². The van der Waals surface area contributed by atoms with Crippen LogP contribution >= 0.6 is 46.3 Å². The largest absolute Gasteiger partial charge is 0.382 e. The highest BCUT2D eigenvalue weighted by Gasteiger charge is 2.48. The van der Waals surface area contributed by atoms with E-state index in [0.29, 0.717) is 19.3 Å². The Hall–Kier alpha value is -1.65. The summed E-state index contributed by atoms with van der Waals surface area (Å²) in [6.07, 6.45) is 6.02. The van der Waals surface area contributed by atoms with Crippen LogP contribution < -0.4 is 11.5 Å². The third kappa shape index (κ3) is 3.64. The Kier molecular flexibility index (Phi) is 5.74. The number of likely N-dealkylation sites (tertiary alicyclic amines) is 1. The summed E-state index contributed by atoms with van der Waals surface area (Å²) in [7, 11) is 0. The van der Waals surface area contributed by atoms with Gasteiger partial charge in [-0.15, -0.1) is 11.3 Å². The van der Waals surface area contributed by atoms with Gasteiger partial charge in [0.25, 0.3) is 0 Å². The minimum Gasteiger partial charge on any atom is -0.382 e. The standard InChI is InChI=1S/C21H22Cl2N6OS2/c1-10-16(30)13(31-11-2-5-26-18(25)14(11)22)9-27-19(10)29-6-3-21(4-7-29)8-12-15(17(21)24)28-20(23)32-12/h2,5,9-10,17H,3-4,6-8,24H2,1H3,(H2,25,26)/t10-,17?/m1/s1. The Morgan fingerprint density at radius 2 is 2.06 bits per heavy atom. The number of thioether (sulfide) groups is 1. The predicted molar refractivity (Wildman–Crippen MR) is 130 cm³/mol. The van der Waals surface area contributed by atoms with Gasteiger partial charge >= 0.3 is 0 Å². The average Bonchev–Trinajstić information content (AvgIpc) is 3.24. The SMILES string of the molecule is C[C@@H]1C(=O)C(Sc2ccnc(N)c2Cl)=CN=C1N1CCC2(CC1)Cc1sc(Cl)nc1C2N. The van der Waals surface area contributed by atoms with Crippen molar-refractivity contribution in [2.24, 2.45) is 22.1 Å². The number of amidine groups is 1. The number of rotatable bonds is 2. The van der Waals surface area contributed by atoms with Crippen LogP contribution in [0.25, 0.3) is 0 Å². The molecular formula is C21H22Cl2N6OS2. The number of thiazole rings is 1. The van der Waals surface area contributed by atoms with Crippen LogP contribution in [-0.2, 0) is 11.2 Å². The van der Waals surface area contributed by atoms with Gasteiger partial charge in [0.15, 0.2) is 10.3 Å². The van der Waals surface area contributed by atoms with Gasteiger partial charge in [-0.25, -0.2) is 15.0 Å². The van der Waals surface area contributed by atoms with Gasteiger partial charge in [-0.1, -0.05) is 35.0 Å². The molecule has 5 rings (SSSR count). The van der Waals surface area contributed by atoms with Gasteiger partial charge < -0.3 is 16.4 Å². The van der Waals surface area contributed by atoms with Crippen LogP contribution in [0.5, 0.6) is 0 Å². The van der Waals surface area contributed by atoms with Gasteiger partial charge in [-0.2, -0.15) is 0 Å². The van der Waals surface area contributed by atoms with Crippen molar-refractivity contribution in [2.75, 3.05) is 18.8 Å². The second-order valence-corrected chi connectivity index (χ2v) is 11.6. The lowest BCUT2D eigenvalue weighted by atomic mass is 9.73. The number of Topliss-reactive ketones (excluding diaryl/α,β-unsaturated/α-hetero) is 1. The number of aliphatic imine (C=N–C) groups is 1. The maximum Gasteiger partial charge on any atom is 0.184 e. The van der Waals surface area contributed by atoms with Gasteiger partial charge in [0, 0.05) is 35.3 Å². The number of halogens is 2. The molecular weight excluding hydrogens is 487 g/mol. The molecule has 4 heterocycles. The van der Waals surface area contributed by atoms with Gasteiger partial charge in [-0.3, -0.25) is 4.79 Å². The zero-order chi connectivity index (χ0) is 22.6.